The van der Waals surface area contributed by atoms with Gasteiger partial charge in [-0.2, -0.15) is 13.2 Å². The monoisotopic (exact) mass is 294 g/mol. The largest absolute Gasteiger partial charge is 0.416 e. The average Bonchev–Trinajstić information content (AvgIpc) is 2.38. The number of nitrogens with one attached hydrogen (secondary N) is 1. The summed E-state index contributed by atoms with van der Waals surface area (Å²) in [7, 11) is 0. The van der Waals surface area contributed by atoms with Gasteiger partial charge in [-0.15, -0.1) is 0 Å². The number of aromatic nitrogens is 1. The van der Waals surface area contributed by atoms with Gasteiger partial charge in [0.2, 0.25) is 5.91 Å². The normalized spacial score (nSPS) is 11.2. The van der Waals surface area contributed by atoms with Gasteiger partial charge in [-0.25, -0.2) is 4.98 Å². The number of aryl methyl sites for hydroxylation is 1. The zero-order valence-corrected chi connectivity index (χ0v) is 11.2. The van der Waals surface area contributed by atoms with Crippen LogP contribution in [-0.4, -0.2) is 10.9 Å². The van der Waals surface area contributed by atoms with E-state index in [0.717, 1.165) is 17.7 Å². The topological polar surface area (TPSA) is 42.0 Å². The Kier molecular flexibility index (Phi) is 4.26. The van der Waals surface area contributed by atoms with Crippen molar-refractivity contribution in [3.05, 3.63) is 59.3 Å². The van der Waals surface area contributed by atoms with E-state index < -0.39 is 11.7 Å². The number of carbonyl (C=O) groups is 1. The highest BCUT2D eigenvalue weighted by Crippen LogP contribution is 2.29. The van der Waals surface area contributed by atoms with E-state index in [-0.39, 0.29) is 12.3 Å². The maximum atomic E-state index is 12.4. The molecule has 0 aliphatic carbocycles. The minimum absolute atomic E-state index is 0.00619. The Bertz CT molecular complexity index is 636. The second-order valence-corrected chi connectivity index (χ2v) is 4.64. The fourth-order valence-electron chi connectivity index (χ4n) is 1.79. The van der Waals surface area contributed by atoms with Gasteiger partial charge in [0, 0.05) is 6.20 Å². The lowest BCUT2D eigenvalue weighted by Gasteiger charge is -2.08. The van der Waals surface area contributed by atoms with Crippen molar-refractivity contribution in [2.75, 3.05) is 5.32 Å². The Morgan fingerprint density at radius 2 is 1.86 bits per heavy atom. The molecular weight excluding hydrogens is 281 g/mol. The van der Waals surface area contributed by atoms with Crippen LogP contribution in [0, 0.1) is 6.92 Å². The number of alkyl halides is 3. The summed E-state index contributed by atoms with van der Waals surface area (Å²) in [6.45, 7) is 1.87. The third-order valence-electron chi connectivity index (χ3n) is 2.83. The Morgan fingerprint density at radius 1 is 1.19 bits per heavy atom. The van der Waals surface area contributed by atoms with Crippen LogP contribution in [0.15, 0.2) is 42.6 Å². The Hall–Kier alpha value is -2.37. The molecule has 0 saturated carbocycles. The number of pyridine rings is 1. The molecule has 6 heteroatoms. The van der Waals surface area contributed by atoms with Gasteiger partial charge in [-0.3, -0.25) is 4.79 Å². The molecule has 110 valence electrons. The Balaban J connectivity index is 2.00. The number of rotatable bonds is 3. The molecule has 3 nitrogen and oxygen atoms in total. The van der Waals surface area contributed by atoms with E-state index in [1.165, 1.54) is 12.1 Å². The standard InChI is InChI=1S/C15H13F3N2O/c1-10-6-7-19-13(8-10)20-14(21)9-11-2-4-12(5-3-11)15(16,17)18/h2-8H,9H2,1H3,(H,19,20,21). The molecule has 1 aromatic carbocycles. The van der Waals surface area contributed by atoms with Crippen LogP contribution in [0.3, 0.4) is 0 Å². The Morgan fingerprint density at radius 3 is 2.43 bits per heavy atom. The van der Waals surface area contributed by atoms with E-state index in [4.69, 9.17) is 0 Å². The molecule has 0 saturated heterocycles. The van der Waals surface area contributed by atoms with Crippen LogP contribution in [-0.2, 0) is 17.4 Å². The smallest absolute Gasteiger partial charge is 0.310 e. The first-order valence-corrected chi connectivity index (χ1v) is 6.23. The molecule has 0 radical (unpaired) electrons. The van der Waals surface area contributed by atoms with Crippen LogP contribution >= 0.6 is 0 Å². The fraction of sp³-hybridized carbons (Fsp3) is 0.200. The number of halogens is 3. The number of amides is 1. The number of anilines is 1. The highest BCUT2D eigenvalue weighted by atomic mass is 19.4. The Labute approximate surface area is 119 Å². The molecule has 1 heterocycles. The SMILES string of the molecule is Cc1ccnc(NC(=O)Cc2ccc(C(F)(F)F)cc2)c1. The van der Waals surface area contributed by atoms with Crippen molar-refractivity contribution in [1.82, 2.24) is 4.98 Å². The molecule has 1 N–H and O–H groups in total. The zero-order chi connectivity index (χ0) is 15.5. The van der Waals surface area contributed by atoms with Gasteiger partial charge >= 0.3 is 6.18 Å². The molecule has 0 aliphatic rings. The first-order chi connectivity index (χ1) is 9.84. The summed E-state index contributed by atoms with van der Waals surface area (Å²) in [5, 5.41) is 2.60. The van der Waals surface area contributed by atoms with E-state index in [2.05, 4.69) is 10.3 Å². The van der Waals surface area contributed by atoms with Crippen LogP contribution in [0.25, 0.3) is 0 Å². The second-order valence-electron chi connectivity index (χ2n) is 4.64. The molecule has 0 unspecified atom stereocenters. The fourth-order valence-corrected chi connectivity index (χ4v) is 1.79. The van der Waals surface area contributed by atoms with Crippen molar-refractivity contribution < 1.29 is 18.0 Å². The maximum Gasteiger partial charge on any atom is 0.416 e. The lowest BCUT2D eigenvalue weighted by molar-refractivity contribution is -0.137. The molecule has 2 rings (SSSR count). The predicted octanol–water partition coefficient (Wildman–Crippen LogP) is 3.59. The highest BCUT2D eigenvalue weighted by molar-refractivity contribution is 5.91. The van der Waals surface area contributed by atoms with Crippen molar-refractivity contribution in [1.29, 1.82) is 0 Å². The summed E-state index contributed by atoms with van der Waals surface area (Å²) in [6, 6.07) is 8.04. The molecule has 0 aliphatic heterocycles. The first-order valence-electron chi connectivity index (χ1n) is 6.23. The molecule has 0 atom stereocenters. The van der Waals surface area contributed by atoms with E-state index in [1.807, 2.05) is 6.92 Å². The second kappa shape index (κ2) is 5.95. The molecule has 1 aromatic heterocycles. The van der Waals surface area contributed by atoms with Gasteiger partial charge in [-0.1, -0.05) is 12.1 Å². The summed E-state index contributed by atoms with van der Waals surface area (Å²) in [4.78, 5) is 15.8. The van der Waals surface area contributed by atoms with Crippen molar-refractivity contribution in [3.8, 4) is 0 Å². The lowest BCUT2D eigenvalue weighted by Crippen LogP contribution is -2.15. The summed E-state index contributed by atoms with van der Waals surface area (Å²) < 4.78 is 37.3. The number of carbonyl (C=O) groups excluding carboxylic acids is 1. The summed E-state index contributed by atoms with van der Waals surface area (Å²) in [5.74, 6) is 0.0970. The van der Waals surface area contributed by atoms with Crippen LogP contribution in [0.2, 0.25) is 0 Å². The molecule has 0 fully saturated rings. The lowest BCUT2D eigenvalue weighted by atomic mass is 10.1. The van der Waals surface area contributed by atoms with E-state index >= 15 is 0 Å². The van der Waals surface area contributed by atoms with E-state index in [0.29, 0.717) is 11.4 Å². The summed E-state index contributed by atoms with van der Waals surface area (Å²) in [5.41, 5.74) is 0.731. The van der Waals surface area contributed by atoms with Gasteiger partial charge in [0.15, 0.2) is 0 Å². The van der Waals surface area contributed by atoms with Crippen molar-refractivity contribution >= 4 is 11.7 Å². The van der Waals surface area contributed by atoms with Crippen LogP contribution in [0.4, 0.5) is 19.0 Å². The minimum atomic E-state index is -4.37. The number of benzene rings is 1. The molecule has 2 aromatic rings. The summed E-state index contributed by atoms with van der Waals surface area (Å²) >= 11 is 0. The molecule has 0 bridgehead atoms. The van der Waals surface area contributed by atoms with Gasteiger partial charge in [-0.05, 0) is 42.3 Å². The molecule has 1 amide bonds. The average molecular weight is 294 g/mol. The van der Waals surface area contributed by atoms with Gasteiger partial charge in [0.05, 0.1) is 12.0 Å². The quantitative estimate of drug-likeness (QED) is 0.940. The van der Waals surface area contributed by atoms with Crippen molar-refractivity contribution in [2.24, 2.45) is 0 Å². The predicted molar refractivity (Wildman–Crippen MR) is 72.8 cm³/mol. The number of hydrogen-bond donors (Lipinski definition) is 1. The van der Waals surface area contributed by atoms with Gasteiger partial charge < -0.3 is 5.32 Å². The maximum absolute atomic E-state index is 12.4. The third kappa shape index (κ3) is 4.30. The van der Waals surface area contributed by atoms with Crippen LogP contribution in [0.1, 0.15) is 16.7 Å². The van der Waals surface area contributed by atoms with Crippen LogP contribution < -0.4 is 5.32 Å². The molecule has 21 heavy (non-hydrogen) atoms. The van der Waals surface area contributed by atoms with Crippen molar-refractivity contribution in [3.63, 3.8) is 0 Å². The van der Waals surface area contributed by atoms with Crippen molar-refractivity contribution in [2.45, 2.75) is 19.5 Å². The number of hydrogen-bond acceptors (Lipinski definition) is 2. The van der Waals surface area contributed by atoms with Crippen LogP contribution in [0.5, 0.6) is 0 Å². The van der Waals surface area contributed by atoms with E-state index in [9.17, 15) is 18.0 Å². The minimum Gasteiger partial charge on any atom is -0.310 e. The van der Waals surface area contributed by atoms with Gasteiger partial charge in [0.1, 0.15) is 5.82 Å². The zero-order valence-electron chi connectivity index (χ0n) is 11.2. The number of nitrogens with zero attached hydrogens (tertiary/aromatic N) is 1. The molecular formula is C15H13F3N2O. The first kappa shape index (κ1) is 15.0. The molecule has 0 spiro atoms. The summed E-state index contributed by atoms with van der Waals surface area (Å²) in [6.07, 6.45) is -2.80. The van der Waals surface area contributed by atoms with E-state index in [1.54, 1.807) is 18.3 Å². The van der Waals surface area contributed by atoms with Gasteiger partial charge in [0.25, 0.3) is 0 Å². The third-order valence-corrected chi connectivity index (χ3v) is 2.83. The highest BCUT2D eigenvalue weighted by Gasteiger charge is 2.29.